The van der Waals surface area contributed by atoms with Gasteiger partial charge < -0.3 is 5.73 Å². The predicted molar refractivity (Wildman–Crippen MR) is 122 cm³/mol. The number of pyridine rings is 1. The van der Waals surface area contributed by atoms with E-state index in [-0.39, 0.29) is 11.2 Å². The number of allylic oxidation sites excluding steroid dienone is 3. The molecule has 5 nitrogen and oxygen atoms in total. The second kappa shape index (κ2) is 7.93. The molecule has 1 aliphatic heterocycles. The number of aromatic nitrogens is 1. The lowest BCUT2D eigenvalue weighted by atomic mass is 9.69. The Morgan fingerprint density at radius 3 is 2.87 bits per heavy atom. The zero-order chi connectivity index (χ0) is 21.5. The smallest absolute Gasteiger partial charge is 0.162 e. The molecule has 30 heavy (non-hydrogen) atoms. The molecule has 2 aromatic heterocycles. The molecule has 0 aromatic carbocycles. The van der Waals surface area contributed by atoms with Gasteiger partial charge in [-0.1, -0.05) is 20.8 Å². The summed E-state index contributed by atoms with van der Waals surface area (Å²) in [6.07, 6.45) is 4.59. The van der Waals surface area contributed by atoms with Crippen LogP contribution in [0.5, 0.6) is 0 Å². The Morgan fingerprint density at radius 2 is 2.20 bits per heavy atom. The van der Waals surface area contributed by atoms with Crippen LogP contribution in [0.1, 0.15) is 45.1 Å². The van der Waals surface area contributed by atoms with E-state index in [9.17, 15) is 10.1 Å². The van der Waals surface area contributed by atoms with E-state index in [0.717, 1.165) is 26.9 Å². The number of thioether (sulfide) groups is 1. The van der Waals surface area contributed by atoms with Crippen molar-refractivity contribution in [1.82, 2.24) is 4.98 Å². The molecule has 0 fully saturated rings. The van der Waals surface area contributed by atoms with Gasteiger partial charge in [-0.2, -0.15) is 5.26 Å². The van der Waals surface area contributed by atoms with Gasteiger partial charge in [0.2, 0.25) is 0 Å². The summed E-state index contributed by atoms with van der Waals surface area (Å²) in [7, 11) is 0. The quantitative estimate of drug-likeness (QED) is 0.664. The first-order chi connectivity index (χ1) is 14.4. The number of thiophene rings is 1. The molecule has 4 rings (SSSR count). The third-order valence-corrected chi connectivity index (χ3v) is 7.68. The van der Waals surface area contributed by atoms with Crippen LogP contribution in [0.4, 0.5) is 5.69 Å². The van der Waals surface area contributed by atoms with Gasteiger partial charge in [-0.15, -0.1) is 23.1 Å². The maximum absolute atomic E-state index is 13.5. The summed E-state index contributed by atoms with van der Waals surface area (Å²) in [6, 6.07) is 8.12. The van der Waals surface area contributed by atoms with E-state index in [2.05, 4.69) is 31.8 Å². The first-order valence-electron chi connectivity index (χ1n) is 9.94. The Hall–Kier alpha value is -2.56. The number of ketones is 1. The Kier molecular flexibility index (Phi) is 5.48. The minimum absolute atomic E-state index is 0.0963. The lowest BCUT2D eigenvalue weighted by Gasteiger charge is -2.43. The first-order valence-corrected chi connectivity index (χ1v) is 11.8. The number of anilines is 1. The Morgan fingerprint density at radius 1 is 1.40 bits per heavy atom. The normalized spacial score (nSPS) is 20.9. The molecule has 1 aliphatic carbocycles. The Bertz CT molecular complexity index is 1090. The molecule has 0 bridgehead atoms. The fraction of sp³-hybridized carbons (Fsp3) is 0.348. The summed E-state index contributed by atoms with van der Waals surface area (Å²) < 4.78 is 1.14. The van der Waals surface area contributed by atoms with Crippen molar-refractivity contribution in [2.45, 2.75) is 43.7 Å². The average molecular weight is 437 g/mol. The number of nitrogens with zero attached hydrogens (tertiary/aromatic N) is 3. The number of nitriles is 1. The summed E-state index contributed by atoms with van der Waals surface area (Å²) in [4.78, 5) is 19.6. The van der Waals surface area contributed by atoms with E-state index in [4.69, 9.17) is 5.73 Å². The van der Waals surface area contributed by atoms with Gasteiger partial charge in [0.1, 0.15) is 5.82 Å². The topological polar surface area (TPSA) is 83.0 Å². The molecule has 2 aliphatic rings. The average Bonchev–Trinajstić information content (AvgIpc) is 3.15. The van der Waals surface area contributed by atoms with Gasteiger partial charge in [0.25, 0.3) is 0 Å². The van der Waals surface area contributed by atoms with Crippen molar-refractivity contribution < 1.29 is 4.79 Å². The molecule has 0 spiro atoms. The predicted octanol–water partition coefficient (Wildman–Crippen LogP) is 5.20. The van der Waals surface area contributed by atoms with Gasteiger partial charge in [0.05, 0.1) is 33.7 Å². The van der Waals surface area contributed by atoms with Crippen LogP contribution in [0.25, 0.3) is 0 Å². The zero-order valence-electron chi connectivity index (χ0n) is 17.3. The maximum Gasteiger partial charge on any atom is 0.162 e. The summed E-state index contributed by atoms with van der Waals surface area (Å²) in [5.74, 6) is 0.995. The van der Waals surface area contributed by atoms with E-state index in [0.29, 0.717) is 29.8 Å². The van der Waals surface area contributed by atoms with E-state index in [1.165, 1.54) is 0 Å². The summed E-state index contributed by atoms with van der Waals surface area (Å²) in [5, 5.41) is 12.2. The zero-order valence-corrected chi connectivity index (χ0v) is 18.9. The summed E-state index contributed by atoms with van der Waals surface area (Å²) in [6.45, 7) is 6.31. The fourth-order valence-corrected chi connectivity index (χ4v) is 6.44. The second-order valence-corrected chi connectivity index (χ2v) is 10.7. The number of Topliss-reactive ketones (excluding diaryl/α,β-unsaturated/α-hetero) is 1. The largest absolute Gasteiger partial charge is 0.384 e. The van der Waals surface area contributed by atoms with Crippen LogP contribution in [0.15, 0.2) is 62.8 Å². The number of carbonyl (C=O) groups excluding carboxylic acids is 1. The van der Waals surface area contributed by atoms with Crippen LogP contribution in [0.3, 0.4) is 0 Å². The van der Waals surface area contributed by atoms with E-state index in [1.54, 1.807) is 35.5 Å². The standard InChI is InChI=1S/C23H24N4OS2/c1-4-29-22-15(7-9-30-22)19-16(12-24)21(25)27(14-6-5-8-26-13-14)17-10-23(2,3)11-18(28)20(17)19/h5-9,13,19H,4,10-11,25H2,1-3H3. The highest BCUT2D eigenvalue weighted by Gasteiger charge is 2.45. The third kappa shape index (κ3) is 3.44. The molecule has 7 heteroatoms. The van der Waals surface area contributed by atoms with Crippen molar-refractivity contribution in [3.63, 3.8) is 0 Å². The minimum Gasteiger partial charge on any atom is -0.384 e. The molecule has 0 saturated heterocycles. The Balaban J connectivity index is 1.99. The SMILES string of the molecule is CCSc1sccc1C1C(C#N)=C(N)N(c2cccnc2)C2=C1C(=O)CC(C)(C)C2. The monoisotopic (exact) mass is 436 g/mol. The number of rotatable bonds is 4. The van der Waals surface area contributed by atoms with Crippen LogP contribution in [0, 0.1) is 16.7 Å². The number of hydrogen-bond acceptors (Lipinski definition) is 7. The van der Waals surface area contributed by atoms with E-state index in [1.807, 2.05) is 28.5 Å². The molecule has 0 amide bonds. The van der Waals surface area contributed by atoms with Crippen molar-refractivity contribution in [3.05, 3.63) is 64.2 Å². The molecule has 1 unspecified atom stereocenters. The van der Waals surface area contributed by atoms with E-state index >= 15 is 0 Å². The molecule has 1 atom stereocenters. The van der Waals surface area contributed by atoms with Crippen molar-refractivity contribution in [1.29, 1.82) is 5.26 Å². The lowest BCUT2D eigenvalue weighted by molar-refractivity contribution is -0.118. The highest BCUT2D eigenvalue weighted by atomic mass is 32.2. The number of nitrogens with two attached hydrogens (primary N) is 1. The van der Waals surface area contributed by atoms with Crippen LogP contribution in [-0.4, -0.2) is 16.5 Å². The Labute approximate surface area is 185 Å². The minimum atomic E-state index is -0.415. The van der Waals surface area contributed by atoms with E-state index < -0.39 is 5.92 Å². The van der Waals surface area contributed by atoms with Gasteiger partial charge in [-0.3, -0.25) is 14.7 Å². The molecule has 0 radical (unpaired) electrons. The molecular weight excluding hydrogens is 412 g/mol. The third-order valence-electron chi connectivity index (χ3n) is 5.53. The van der Waals surface area contributed by atoms with Gasteiger partial charge in [-0.25, -0.2) is 0 Å². The summed E-state index contributed by atoms with van der Waals surface area (Å²) >= 11 is 3.39. The second-order valence-electron chi connectivity index (χ2n) is 8.29. The molecule has 154 valence electrons. The maximum atomic E-state index is 13.5. The molecule has 0 saturated carbocycles. The highest BCUT2D eigenvalue weighted by molar-refractivity contribution is 8.01. The van der Waals surface area contributed by atoms with Crippen LogP contribution in [0.2, 0.25) is 0 Å². The molecule has 2 aromatic rings. The molecule has 2 N–H and O–H groups in total. The van der Waals surface area contributed by atoms with Gasteiger partial charge >= 0.3 is 0 Å². The van der Waals surface area contributed by atoms with Crippen molar-refractivity contribution in [3.8, 4) is 6.07 Å². The van der Waals surface area contributed by atoms with Crippen molar-refractivity contribution in [2.75, 3.05) is 10.7 Å². The van der Waals surface area contributed by atoms with Crippen molar-refractivity contribution in [2.24, 2.45) is 11.1 Å². The number of carbonyl (C=O) groups is 1. The van der Waals surface area contributed by atoms with Gasteiger partial charge in [0, 0.05) is 23.9 Å². The van der Waals surface area contributed by atoms with Gasteiger partial charge in [0.15, 0.2) is 5.78 Å². The first kappa shape index (κ1) is 20.7. The fourth-order valence-electron chi connectivity index (χ4n) is 4.37. The highest BCUT2D eigenvalue weighted by Crippen LogP contribution is 2.52. The van der Waals surface area contributed by atoms with Crippen molar-refractivity contribution >= 4 is 34.6 Å². The van der Waals surface area contributed by atoms with Crippen LogP contribution >= 0.6 is 23.1 Å². The summed E-state index contributed by atoms with van der Waals surface area (Å²) in [5.41, 5.74) is 10.3. The molecular formula is C23H24N4OS2. The van der Waals surface area contributed by atoms with Gasteiger partial charge in [-0.05, 0) is 46.7 Å². The lowest BCUT2D eigenvalue weighted by Crippen LogP contribution is -2.42. The van der Waals surface area contributed by atoms with Crippen LogP contribution in [-0.2, 0) is 4.79 Å². The molecule has 3 heterocycles. The van der Waals surface area contributed by atoms with Crippen LogP contribution < -0.4 is 10.6 Å². The number of hydrogen-bond donors (Lipinski definition) is 1.